The van der Waals surface area contributed by atoms with E-state index < -0.39 is 0 Å². The molecular formula is H3MoSb8. The molecule has 9 heavy (non-hydrogen) atoms. The Hall–Kier alpha value is 7.23. The molecule has 0 aromatic rings. The van der Waals surface area contributed by atoms with E-state index in [2.05, 4.69) is 0 Å². The van der Waals surface area contributed by atoms with Crippen LogP contribution in [0.3, 0.4) is 0 Å². The van der Waals surface area contributed by atoms with Crippen LogP contribution in [0.1, 0.15) is 0 Å². The van der Waals surface area contributed by atoms with Gasteiger partial charge < -0.3 is 0 Å². The van der Waals surface area contributed by atoms with Gasteiger partial charge in [-0.05, 0) is 0 Å². The van der Waals surface area contributed by atoms with Crippen molar-refractivity contribution in [2.45, 2.75) is 0 Å². The predicted octanol–water partition coefficient (Wildman–Crippen LogP) is -3.85. The maximum absolute atomic E-state index is 0. The first kappa shape index (κ1) is 72.0. The summed E-state index contributed by atoms with van der Waals surface area (Å²) in [5.41, 5.74) is 0. The molecule has 0 unspecified atom stereocenters. The molecule has 0 aromatic carbocycles. The average molecular weight is 1070 g/mol. The standard InChI is InChI=1S/Mo.8Sb.3H. The zero-order valence-corrected chi connectivity index (χ0v) is 27.5. The maximum atomic E-state index is 0. The van der Waals surface area contributed by atoms with Crippen molar-refractivity contribution in [3.63, 3.8) is 0 Å². The van der Waals surface area contributed by atoms with Gasteiger partial charge in [-0.3, -0.25) is 0 Å². The molecule has 0 aliphatic rings. The molecule has 0 nitrogen and oxygen atoms in total. The summed E-state index contributed by atoms with van der Waals surface area (Å²) < 4.78 is 0. The van der Waals surface area contributed by atoms with Crippen molar-refractivity contribution < 1.29 is 21.1 Å². The second-order valence-electron chi connectivity index (χ2n) is 0. The molecule has 9 heteroatoms. The van der Waals surface area contributed by atoms with Crippen LogP contribution >= 0.6 is 0 Å². The molecule has 0 amide bonds. The van der Waals surface area contributed by atoms with Crippen molar-refractivity contribution >= 4 is 195 Å². The van der Waals surface area contributed by atoms with Crippen molar-refractivity contribution in [2.24, 2.45) is 0 Å². The van der Waals surface area contributed by atoms with E-state index in [1.165, 1.54) is 0 Å². The minimum atomic E-state index is 0. The first-order valence-corrected chi connectivity index (χ1v) is 0. The van der Waals surface area contributed by atoms with E-state index in [0.29, 0.717) is 0 Å². The fourth-order valence-corrected chi connectivity index (χ4v) is 0. The zero-order chi connectivity index (χ0) is 0. The Morgan fingerprint density at radius 3 is 0.333 bits per heavy atom. The van der Waals surface area contributed by atoms with E-state index in [4.69, 9.17) is 0 Å². The summed E-state index contributed by atoms with van der Waals surface area (Å²) in [6.07, 6.45) is 0. The molecule has 0 saturated heterocycles. The van der Waals surface area contributed by atoms with E-state index in [-0.39, 0.29) is 216 Å². The molecule has 0 bridgehead atoms. The zero-order valence-electron chi connectivity index (χ0n) is 4.14. The van der Waals surface area contributed by atoms with Gasteiger partial charge in [-0.2, -0.15) is 0 Å². The van der Waals surface area contributed by atoms with Gasteiger partial charge in [0.05, 0.1) is 0 Å². The van der Waals surface area contributed by atoms with Gasteiger partial charge >= 0.3 is 73.3 Å². The van der Waals surface area contributed by atoms with Crippen molar-refractivity contribution in [3.8, 4) is 0 Å². The van der Waals surface area contributed by atoms with Crippen molar-refractivity contribution in [1.29, 1.82) is 0 Å². The molecule has 0 spiro atoms. The fraction of sp³-hybridized carbons (Fsp3) is 0. The van der Waals surface area contributed by atoms with E-state index >= 15 is 0 Å². The first-order valence-electron chi connectivity index (χ1n) is 0. The number of hydrogen-bond acceptors (Lipinski definition) is 0. The van der Waals surface area contributed by atoms with Crippen molar-refractivity contribution in [2.75, 3.05) is 0 Å². The monoisotopic (exact) mass is 1070 g/mol. The van der Waals surface area contributed by atoms with Crippen LogP contribution < -0.4 is 0 Å². The molecular weight excluding hydrogens is 1070 g/mol. The maximum Gasteiger partial charge on any atom is 0 e. The Kier molecular flexibility index (Phi) is 472. The minimum Gasteiger partial charge on any atom is 0 e. The van der Waals surface area contributed by atoms with E-state index in [9.17, 15) is 0 Å². The quantitative estimate of drug-likeness (QED) is 0.219. The summed E-state index contributed by atoms with van der Waals surface area (Å²) in [5.74, 6) is 0. The summed E-state index contributed by atoms with van der Waals surface area (Å²) in [7, 11) is 0. The van der Waals surface area contributed by atoms with Crippen LogP contribution in [0, 0.1) is 0 Å². The Morgan fingerprint density at radius 1 is 0.333 bits per heavy atom. The Balaban J connectivity index is 0. The second-order valence-corrected chi connectivity index (χ2v) is 0. The van der Waals surface area contributed by atoms with Gasteiger partial charge in [0.1, 0.15) is 0 Å². The Bertz CT molecular complexity index is 4.53. The molecule has 0 N–H and O–H groups in total. The second kappa shape index (κ2) is 59.0. The van der Waals surface area contributed by atoms with Crippen LogP contribution in [0.25, 0.3) is 0 Å². The third-order valence-electron chi connectivity index (χ3n) is 0. The SMILES string of the molecule is [Mo].[SbH].[SbH].[SbH].[Sb].[Sb].[Sb].[Sb].[Sb]. The summed E-state index contributed by atoms with van der Waals surface area (Å²) in [6.45, 7) is 0. The Labute approximate surface area is 210 Å². The van der Waals surface area contributed by atoms with Crippen LogP contribution in [0.15, 0.2) is 0 Å². The van der Waals surface area contributed by atoms with E-state index in [0.717, 1.165) is 0 Å². The molecule has 49 valence electrons. The summed E-state index contributed by atoms with van der Waals surface area (Å²) in [6, 6.07) is 0. The molecule has 0 heterocycles. The summed E-state index contributed by atoms with van der Waals surface area (Å²) >= 11 is 0. The van der Waals surface area contributed by atoms with Crippen molar-refractivity contribution in [1.82, 2.24) is 0 Å². The van der Waals surface area contributed by atoms with Gasteiger partial charge in [-0.15, -0.1) is 0 Å². The molecule has 0 aromatic heterocycles. The molecule has 0 rings (SSSR count). The number of rotatable bonds is 0. The van der Waals surface area contributed by atoms with Gasteiger partial charge in [-0.1, -0.05) is 0 Å². The molecule has 21 radical (unpaired) electrons. The third-order valence-corrected chi connectivity index (χ3v) is 0. The van der Waals surface area contributed by atoms with Gasteiger partial charge in [0.25, 0.3) is 0 Å². The number of hydrogen-bond donors (Lipinski definition) is 0. The average Bonchev–Trinajstić information content (AvgIpc) is 0. The van der Waals surface area contributed by atoms with Crippen LogP contribution in [-0.4, -0.2) is 195 Å². The Morgan fingerprint density at radius 2 is 0.333 bits per heavy atom. The molecule has 0 saturated carbocycles. The molecule has 0 aliphatic carbocycles. The van der Waals surface area contributed by atoms with Crippen LogP contribution in [0.4, 0.5) is 0 Å². The van der Waals surface area contributed by atoms with Crippen LogP contribution in [0.5, 0.6) is 0 Å². The van der Waals surface area contributed by atoms with Gasteiger partial charge in [-0.25, -0.2) is 0 Å². The molecule has 0 atom stereocenters. The fourth-order valence-electron chi connectivity index (χ4n) is 0. The molecule has 0 aliphatic heterocycles. The summed E-state index contributed by atoms with van der Waals surface area (Å²) in [5, 5.41) is 0. The van der Waals surface area contributed by atoms with Crippen molar-refractivity contribution in [3.05, 3.63) is 0 Å². The topological polar surface area (TPSA) is 0 Å². The van der Waals surface area contributed by atoms with Gasteiger partial charge in [0.15, 0.2) is 0 Å². The van der Waals surface area contributed by atoms with Gasteiger partial charge in [0, 0.05) is 143 Å². The van der Waals surface area contributed by atoms with Crippen LogP contribution in [0.2, 0.25) is 0 Å². The predicted molar refractivity (Wildman–Crippen MR) is 50.2 cm³/mol. The summed E-state index contributed by atoms with van der Waals surface area (Å²) in [4.78, 5) is 0. The third kappa shape index (κ3) is 51.0. The largest absolute Gasteiger partial charge is 0 e. The van der Waals surface area contributed by atoms with E-state index in [1.807, 2.05) is 0 Å². The smallest absolute Gasteiger partial charge is 0 e. The normalized spacial score (nSPS) is 0. The molecule has 0 fully saturated rings. The minimum absolute atomic E-state index is 0. The van der Waals surface area contributed by atoms with Crippen LogP contribution in [-0.2, 0) is 21.1 Å². The first-order chi connectivity index (χ1) is 0. The van der Waals surface area contributed by atoms with E-state index in [1.54, 1.807) is 0 Å². The van der Waals surface area contributed by atoms with Gasteiger partial charge in [0.2, 0.25) is 0 Å².